The zero-order chi connectivity index (χ0) is 11.9. The minimum atomic E-state index is -3.41. The van der Waals surface area contributed by atoms with Crippen LogP contribution in [0, 0.1) is 0 Å². The van der Waals surface area contributed by atoms with Crippen molar-refractivity contribution < 1.29 is 18.1 Å². The quantitative estimate of drug-likeness (QED) is 0.501. The molecule has 0 aliphatic carbocycles. The van der Waals surface area contributed by atoms with E-state index < -0.39 is 7.82 Å². The van der Waals surface area contributed by atoms with Crippen molar-refractivity contribution in [1.29, 1.82) is 0 Å². The molecule has 90 valence electrons. The first kappa shape index (κ1) is 14.8. The van der Waals surface area contributed by atoms with Crippen molar-refractivity contribution in [3.8, 4) is 0 Å². The van der Waals surface area contributed by atoms with Crippen molar-refractivity contribution in [3.05, 3.63) is 12.2 Å². The number of rotatable bonds is 7. The number of hydrogen-bond acceptors (Lipinski definition) is 4. The van der Waals surface area contributed by atoms with E-state index in [1.165, 1.54) is 0 Å². The maximum Gasteiger partial charge on any atom is 0.475 e. The molecule has 0 heterocycles. The van der Waals surface area contributed by atoms with Crippen molar-refractivity contribution in [2.75, 3.05) is 6.61 Å². The molecule has 0 atom stereocenters. The van der Waals surface area contributed by atoms with E-state index in [-0.39, 0.29) is 18.8 Å². The van der Waals surface area contributed by atoms with E-state index >= 15 is 0 Å². The molecule has 0 unspecified atom stereocenters. The zero-order valence-electron chi connectivity index (χ0n) is 10.1. The van der Waals surface area contributed by atoms with Gasteiger partial charge in [-0.2, -0.15) is 0 Å². The fourth-order valence-corrected chi connectivity index (χ4v) is 2.31. The molecular formula is C10H21O4P. The molecule has 15 heavy (non-hydrogen) atoms. The fourth-order valence-electron chi connectivity index (χ4n) is 0.833. The molecular weight excluding hydrogens is 215 g/mol. The predicted molar refractivity (Wildman–Crippen MR) is 60.8 cm³/mol. The van der Waals surface area contributed by atoms with Crippen LogP contribution < -0.4 is 0 Å². The van der Waals surface area contributed by atoms with Gasteiger partial charge in [0.05, 0.1) is 18.8 Å². The molecule has 0 N–H and O–H groups in total. The molecule has 0 spiro atoms. The summed E-state index contributed by atoms with van der Waals surface area (Å²) in [5, 5.41) is 0. The van der Waals surface area contributed by atoms with Gasteiger partial charge in [0.1, 0.15) is 0 Å². The zero-order valence-corrected chi connectivity index (χ0v) is 11.0. The van der Waals surface area contributed by atoms with Crippen molar-refractivity contribution >= 4 is 7.82 Å². The summed E-state index contributed by atoms with van der Waals surface area (Å²) in [6, 6.07) is 0. The monoisotopic (exact) mass is 236 g/mol. The van der Waals surface area contributed by atoms with Gasteiger partial charge in [0, 0.05) is 0 Å². The van der Waals surface area contributed by atoms with Crippen LogP contribution in [0.2, 0.25) is 0 Å². The standard InChI is InChI=1S/C10H21O4P/c1-6-7-8-12-15(11,13-9(2)3)14-10(4)5/h6-7,9-10H,8H2,1-5H3. The molecule has 0 aromatic rings. The molecule has 0 aliphatic heterocycles. The average molecular weight is 236 g/mol. The summed E-state index contributed by atoms with van der Waals surface area (Å²) in [7, 11) is -3.41. The molecule has 0 saturated carbocycles. The second-order valence-electron chi connectivity index (χ2n) is 3.62. The minimum Gasteiger partial charge on any atom is -0.284 e. The number of hydrogen-bond donors (Lipinski definition) is 0. The van der Waals surface area contributed by atoms with Crippen molar-refractivity contribution in [3.63, 3.8) is 0 Å². The summed E-state index contributed by atoms with van der Waals surface area (Å²) in [6.45, 7) is 9.24. The van der Waals surface area contributed by atoms with Crippen LogP contribution >= 0.6 is 7.82 Å². The fraction of sp³-hybridized carbons (Fsp3) is 0.800. The van der Waals surface area contributed by atoms with Gasteiger partial charge in [-0.25, -0.2) is 4.57 Å². The van der Waals surface area contributed by atoms with E-state index in [4.69, 9.17) is 13.6 Å². The van der Waals surface area contributed by atoms with Gasteiger partial charge < -0.3 is 0 Å². The number of allylic oxidation sites excluding steroid dienone is 1. The molecule has 0 amide bonds. The lowest BCUT2D eigenvalue weighted by Crippen LogP contribution is -2.10. The SMILES string of the molecule is CC=CCOP(=O)(OC(C)C)OC(C)C. The van der Waals surface area contributed by atoms with E-state index in [2.05, 4.69) is 0 Å². The summed E-state index contributed by atoms with van der Waals surface area (Å²) >= 11 is 0. The van der Waals surface area contributed by atoms with Gasteiger partial charge in [-0.3, -0.25) is 13.6 Å². The topological polar surface area (TPSA) is 44.8 Å². The highest BCUT2D eigenvalue weighted by Gasteiger charge is 2.28. The van der Waals surface area contributed by atoms with Gasteiger partial charge in [0.25, 0.3) is 0 Å². The van der Waals surface area contributed by atoms with Crippen LogP contribution in [0.4, 0.5) is 0 Å². The first-order valence-electron chi connectivity index (χ1n) is 5.12. The van der Waals surface area contributed by atoms with Crippen LogP contribution in [-0.2, 0) is 18.1 Å². The highest BCUT2D eigenvalue weighted by molar-refractivity contribution is 7.48. The average Bonchev–Trinajstić information content (AvgIpc) is 2.00. The molecule has 4 nitrogen and oxygen atoms in total. The number of phosphoric acid groups is 1. The van der Waals surface area contributed by atoms with Gasteiger partial charge in [-0.15, -0.1) is 0 Å². The molecule has 0 saturated heterocycles. The van der Waals surface area contributed by atoms with Crippen molar-refractivity contribution in [1.82, 2.24) is 0 Å². The lowest BCUT2D eigenvalue weighted by atomic mass is 10.5. The molecule has 0 fully saturated rings. The summed E-state index contributed by atoms with van der Waals surface area (Å²) in [5.74, 6) is 0. The molecule has 0 aliphatic rings. The highest BCUT2D eigenvalue weighted by Crippen LogP contribution is 2.51. The lowest BCUT2D eigenvalue weighted by molar-refractivity contribution is 0.0782. The third kappa shape index (κ3) is 7.74. The van der Waals surface area contributed by atoms with Crippen molar-refractivity contribution in [2.45, 2.75) is 46.8 Å². The minimum absolute atomic E-state index is 0.194. The van der Waals surface area contributed by atoms with Crippen LogP contribution in [-0.4, -0.2) is 18.8 Å². The summed E-state index contributed by atoms with van der Waals surface area (Å²) in [4.78, 5) is 0. The summed E-state index contributed by atoms with van der Waals surface area (Å²) in [6.07, 6.45) is 3.18. The largest absolute Gasteiger partial charge is 0.475 e. The van der Waals surface area contributed by atoms with E-state index in [0.29, 0.717) is 0 Å². The van der Waals surface area contributed by atoms with Crippen LogP contribution in [0.15, 0.2) is 12.2 Å². The van der Waals surface area contributed by atoms with Crippen LogP contribution in [0.3, 0.4) is 0 Å². The molecule has 0 rings (SSSR count). The molecule has 0 aromatic heterocycles. The molecule has 0 aromatic carbocycles. The van der Waals surface area contributed by atoms with Gasteiger partial charge in [-0.05, 0) is 34.6 Å². The van der Waals surface area contributed by atoms with E-state index in [1.54, 1.807) is 33.8 Å². The Labute approximate surface area is 92.2 Å². The summed E-state index contributed by atoms with van der Waals surface area (Å²) in [5.41, 5.74) is 0. The van der Waals surface area contributed by atoms with E-state index in [1.807, 2.05) is 13.0 Å². The lowest BCUT2D eigenvalue weighted by Gasteiger charge is -2.21. The number of phosphoric ester groups is 1. The third-order valence-corrected chi connectivity index (χ3v) is 3.07. The second-order valence-corrected chi connectivity index (χ2v) is 5.19. The van der Waals surface area contributed by atoms with Crippen LogP contribution in [0.5, 0.6) is 0 Å². The van der Waals surface area contributed by atoms with E-state index in [0.717, 1.165) is 0 Å². The normalized spacial score (nSPS) is 13.3. The highest BCUT2D eigenvalue weighted by atomic mass is 31.2. The van der Waals surface area contributed by atoms with Crippen LogP contribution in [0.1, 0.15) is 34.6 Å². The Morgan fingerprint density at radius 1 is 1.13 bits per heavy atom. The predicted octanol–water partition coefficient (Wildman–Crippen LogP) is 3.54. The van der Waals surface area contributed by atoms with E-state index in [9.17, 15) is 4.57 Å². The maximum absolute atomic E-state index is 12.0. The molecule has 0 bridgehead atoms. The van der Waals surface area contributed by atoms with Crippen LogP contribution in [0.25, 0.3) is 0 Å². The molecule has 5 heteroatoms. The first-order chi connectivity index (χ1) is 6.89. The smallest absolute Gasteiger partial charge is 0.284 e. The Bertz CT molecular complexity index is 222. The Morgan fingerprint density at radius 3 is 1.93 bits per heavy atom. The Morgan fingerprint density at radius 2 is 1.60 bits per heavy atom. The van der Waals surface area contributed by atoms with Gasteiger partial charge in [0.15, 0.2) is 0 Å². The Hall–Kier alpha value is -0.150. The van der Waals surface area contributed by atoms with Gasteiger partial charge in [0.2, 0.25) is 0 Å². The second kappa shape index (κ2) is 7.18. The third-order valence-electron chi connectivity index (χ3n) is 1.24. The van der Waals surface area contributed by atoms with Crippen molar-refractivity contribution in [2.24, 2.45) is 0 Å². The Kier molecular flexibility index (Phi) is 7.11. The van der Waals surface area contributed by atoms with Gasteiger partial charge in [-0.1, -0.05) is 12.2 Å². The maximum atomic E-state index is 12.0. The van der Waals surface area contributed by atoms with Gasteiger partial charge >= 0.3 is 7.82 Å². The first-order valence-corrected chi connectivity index (χ1v) is 6.58. The Balaban J connectivity index is 4.33. The molecule has 0 radical (unpaired) electrons. The summed E-state index contributed by atoms with van der Waals surface area (Å²) < 4.78 is 27.5.